The minimum Gasteiger partial charge on any atom is -0.493 e. The molecule has 1 unspecified atom stereocenters. The Morgan fingerprint density at radius 3 is 2.32 bits per heavy atom. The van der Waals surface area contributed by atoms with E-state index in [1.165, 1.54) is 6.07 Å². The van der Waals surface area contributed by atoms with Crippen LogP contribution in [-0.2, 0) is 34.1 Å². The number of imide groups is 1. The van der Waals surface area contributed by atoms with Gasteiger partial charge in [0.25, 0.3) is 5.91 Å². The van der Waals surface area contributed by atoms with Crippen molar-refractivity contribution in [2.45, 2.75) is 77.9 Å². The number of nitrogens with zero attached hydrogens (tertiary/aromatic N) is 1. The smallest absolute Gasteiger partial charge is 0.417 e. The molecule has 0 saturated heterocycles. The van der Waals surface area contributed by atoms with E-state index in [-0.39, 0.29) is 24.1 Å². The number of benzene rings is 2. The van der Waals surface area contributed by atoms with E-state index in [2.05, 4.69) is 0 Å². The summed E-state index contributed by atoms with van der Waals surface area (Å²) >= 11 is 0. The predicted molar refractivity (Wildman–Crippen MR) is 151 cm³/mol. The summed E-state index contributed by atoms with van der Waals surface area (Å²) in [4.78, 5) is 37.9. The number of ether oxygens (including phenoxy) is 1. The van der Waals surface area contributed by atoms with E-state index in [1.54, 1.807) is 19.1 Å². The molecule has 0 fully saturated rings. The fraction of sp³-hybridized carbons (Fsp3) is 0.452. The molecule has 1 atom stereocenters. The maximum atomic E-state index is 13.8. The number of halogens is 3. The molecule has 0 radical (unpaired) electrons. The van der Waals surface area contributed by atoms with Gasteiger partial charge in [0.1, 0.15) is 16.9 Å². The molecule has 3 aromatic rings. The summed E-state index contributed by atoms with van der Waals surface area (Å²) in [6, 6.07) is 9.10. The lowest BCUT2D eigenvalue weighted by molar-refractivity contribution is -0.142. The van der Waals surface area contributed by atoms with Gasteiger partial charge in [0.05, 0.1) is 12.2 Å². The zero-order valence-electron chi connectivity index (χ0n) is 23.9. The number of carbonyl (C=O) groups excluding carboxylic acids is 2. The first-order chi connectivity index (χ1) is 19.3. The molecular weight excluding hydrogens is 537 g/mol. The summed E-state index contributed by atoms with van der Waals surface area (Å²) in [7, 11) is 0. The fourth-order valence-corrected chi connectivity index (χ4v) is 4.84. The highest BCUT2D eigenvalue weighted by atomic mass is 19.4. The highest BCUT2D eigenvalue weighted by molar-refractivity contribution is 5.94. The highest BCUT2D eigenvalue weighted by Crippen LogP contribution is 2.40. The lowest BCUT2D eigenvalue weighted by atomic mass is 9.91. The third-order valence-electron chi connectivity index (χ3n) is 7.01. The van der Waals surface area contributed by atoms with Gasteiger partial charge in [-0.15, -0.1) is 0 Å². The van der Waals surface area contributed by atoms with Crippen LogP contribution >= 0.6 is 0 Å². The maximum absolute atomic E-state index is 13.8. The van der Waals surface area contributed by atoms with E-state index >= 15 is 0 Å². The number of fused-ring (bicyclic) bond motifs is 1. The number of alkyl halides is 3. The minimum absolute atomic E-state index is 0.113. The lowest BCUT2D eigenvalue weighted by Gasteiger charge is -2.28. The van der Waals surface area contributed by atoms with Gasteiger partial charge in [-0.25, -0.2) is 4.79 Å². The molecule has 0 aliphatic rings. The number of nitrogens with two attached hydrogens (primary N) is 1. The summed E-state index contributed by atoms with van der Waals surface area (Å²) in [6.45, 7) is 7.57. The van der Waals surface area contributed by atoms with Gasteiger partial charge in [-0.2, -0.15) is 13.2 Å². The summed E-state index contributed by atoms with van der Waals surface area (Å²) in [5, 5.41) is -0.158. The van der Waals surface area contributed by atoms with Crippen molar-refractivity contribution < 1.29 is 31.9 Å². The van der Waals surface area contributed by atoms with Crippen molar-refractivity contribution in [2.24, 2.45) is 5.73 Å². The van der Waals surface area contributed by atoms with Crippen molar-refractivity contribution in [3.63, 3.8) is 0 Å². The molecule has 0 saturated carbocycles. The number of hydrogen-bond acceptors (Lipinski definition) is 6. The van der Waals surface area contributed by atoms with Crippen molar-refractivity contribution in [3.05, 3.63) is 74.6 Å². The molecule has 0 aliphatic carbocycles. The molecule has 2 aromatic carbocycles. The van der Waals surface area contributed by atoms with Gasteiger partial charge in [-0.3, -0.25) is 14.5 Å². The van der Waals surface area contributed by atoms with Gasteiger partial charge in [0.2, 0.25) is 6.41 Å². The van der Waals surface area contributed by atoms with E-state index in [9.17, 15) is 27.6 Å². The summed E-state index contributed by atoms with van der Waals surface area (Å²) < 4.78 is 52.8. The first-order valence-electron chi connectivity index (χ1n) is 13.8. The first-order valence-corrected chi connectivity index (χ1v) is 13.8. The summed E-state index contributed by atoms with van der Waals surface area (Å²) in [5.41, 5.74) is 5.35. The second-order valence-corrected chi connectivity index (χ2v) is 10.4. The van der Waals surface area contributed by atoms with Crippen LogP contribution in [0.1, 0.15) is 74.3 Å². The van der Waals surface area contributed by atoms with E-state index in [0.29, 0.717) is 73.4 Å². The monoisotopic (exact) mass is 574 g/mol. The van der Waals surface area contributed by atoms with Crippen LogP contribution in [0.3, 0.4) is 0 Å². The van der Waals surface area contributed by atoms with Crippen LogP contribution in [-0.4, -0.2) is 30.4 Å². The molecule has 0 aliphatic heterocycles. The van der Waals surface area contributed by atoms with E-state index < -0.39 is 28.8 Å². The Hall–Kier alpha value is -3.66. The quantitative estimate of drug-likeness (QED) is 0.152. The zero-order valence-corrected chi connectivity index (χ0v) is 23.9. The molecule has 1 heterocycles. The van der Waals surface area contributed by atoms with Crippen LogP contribution in [0, 0.1) is 6.92 Å². The Bertz CT molecular complexity index is 1430. The van der Waals surface area contributed by atoms with Crippen LogP contribution in [0.4, 0.5) is 13.2 Å². The van der Waals surface area contributed by atoms with Gasteiger partial charge in [0, 0.05) is 23.6 Å². The Morgan fingerprint density at radius 1 is 1.07 bits per heavy atom. The number of unbranched alkanes of at least 4 members (excludes halogenated alkanes) is 1. The molecule has 1 aromatic heterocycles. The Balaban J connectivity index is 1.79. The van der Waals surface area contributed by atoms with Crippen molar-refractivity contribution in [1.29, 1.82) is 0 Å². The molecule has 2 N–H and O–H groups in total. The van der Waals surface area contributed by atoms with Gasteiger partial charge in [-0.1, -0.05) is 56.5 Å². The topological polar surface area (TPSA) is 103 Å². The lowest BCUT2D eigenvalue weighted by Crippen LogP contribution is -2.50. The van der Waals surface area contributed by atoms with Crippen LogP contribution in [0.5, 0.6) is 5.75 Å². The van der Waals surface area contributed by atoms with Crippen molar-refractivity contribution in [3.8, 4) is 5.75 Å². The van der Waals surface area contributed by atoms with E-state index in [1.807, 2.05) is 32.9 Å². The number of hydrogen-bond donors (Lipinski definition) is 1. The molecule has 2 amide bonds. The standard InChI is InChI=1S/C31H37F3N2O5/c1-5-9-21-17-24-25(31(32,33)34)18-26(38)41-28(24)23(10-6-2)27(21)40-16-8-7-15-36(19-37)29(39)30(4,35)22-13-11-20(3)12-14-22/h11-14,17-19H,5-10,15-16,35H2,1-4H3. The summed E-state index contributed by atoms with van der Waals surface area (Å²) in [6.07, 6.45) is -1.30. The van der Waals surface area contributed by atoms with E-state index in [4.69, 9.17) is 14.9 Å². The molecule has 222 valence electrons. The third kappa shape index (κ3) is 7.35. The molecule has 0 bridgehead atoms. The van der Waals surface area contributed by atoms with Crippen molar-refractivity contribution in [2.75, 3.05) is 13.2 Å². The molecule has 41 heavy (non-hydrogen) atoms. The maximum Gasteiger partial charge on any atom is 0.417 e. The van der Waals surface area contributed by atoms with Crippen LogP contribution in [0.25, 0.3) is 11.0 Å². The molecular formula is C31H37F3N2O5. The summed E-state index contributed by atoms with van der Waals surface area (Å²) in [5.74, 6) is -0.112. The van der Waals surface area contributed by atoms with Crippen LogP contribution in [0.15, 0.2) is 45.6 Å². The van der Waals surface area contributed by atoms with Gasteiger partial charge < -0.3 is 14.9 Å². The van der Waals surface area contributed by atoms with Gasteiger partial charge >= 0.3 is 11.8 Å². The fourth-order valence-electron chi connectivity index (χ4n) is 4.84. The SMILES string of the molecule is CCCc1cc2c(C(F)(F)F)cc(=O)oc2c(CCC)c1OCCCCN(C=O)C(=O)C(C)(N)c1ccc(C)cc1. The van der Waals surface area contributed by atoms with Gasteiger partial charge in [0.15, 0.2) is 0 Å². The second kappa shape index (κ2) is 13.3. The van der Waals surface area contributed by atoms with E-state index in [0.717, 1.165) is 10.5 Å². The number of carbonyl (C=O) groups is 2. The first kappa shape index (κ1) is 31.9. The highest BCUT2D eigenvalue weighted by Gasteiger charge is 2.36. The third-order valence-corrected chi connectivity index (χ3v) is 7.01. The Labute approximate surface area is 237 Å². The van der Waals surface area contributed by atoms with Crippen LogP contribution < -0.4 is 16.1 Å². The zero-order chi connectivity index (χ0) is 30.4. The van der Waals surface area contributed by atoms with Gasteiger partial charge in [-0.05, 0) is 56.7 Å². The number of aryl methyl sites for hydroxylation is 3. The van der Waals surface area contributed by atoms with Crippen molar-refractivity contribution in [1.82, 2.24) is 4.90 Å². The minimum atomic E-state index is -4.72. The normalized spacial score (nSPS) is 13.2. The molecule has 0 spiro atoms. The average Bonchev–Trinajstić information content (AvgIpc) is 2.91. The Morgan fingerprint density at radius 2 is 1.73 bits per heavy atom. The molecule has 10 heteroatoms. The van der Waals surface area contributed by atoms with Crippen LogP contribution in [0.2, 0.25) is 0 Å². The molecule has 3 rings (SSSR count). The molecule has 7 nitrogen and oxygen atoms in total. The van der Waals surface area contributed by atoms with Crippen molar-refractivity contribution >= 4 is 23.3 Å². The second-order valence-electron chi connectivity index (χ2n) is 10.4. The largest absolute Gasteiger partial charge is 0.493 e. The Kier molecular flexibility index (Phi) is 10.4. The number of rotatable bonds is 13. The predicted octanol–water partition coefficient (Wildman–Crippen LogP) is 6.04. The average molecular weight is 575 g/mol. The number of amides is 2.